The Bertz CT molecular complexity index is 399. The molecule has 0 spiro atoms. The maximum absolute atomic E-state index is 9.66. The summed E-state index contributed by atoms with van der Waals surface area (Å²) < 4.78 is 11.5. The van der Waals surface area contributed by atoms with Crippen LogP contribution in [0.5, 0.6) is 11.5 Å². The van der Waals surface area contributed by atoms with Crippen LogP contribution >= 0.6 is 15.9 Å². The van der Waals surface area contributed by atoms with E-state index in [-0.39, 0.29) is 6.10 Å². The van der Waals surface area contributed by atoms with E-state index in [0.717, 1.165) is 22.9 Å². The van der Waals surface area contributed by atoms with Gasteiger partial charge in [-0.2, -0.15) is 0 Å². The summed E-state index contributed by atoms with van der Waals surface area (Å²) in [6.07, 6.45) is 1.52. The molecule has 0 radical (unpaired) electrons. The van der Waals surface area contributed by atoms with Gasteiger partial charge in [-0.05, 0) is 24.1 Å². The first kappa shape index (κ1) is 16.3. The van der Waals surface area contributed by atoms with Gasteiger partial charge in [-0.25, -0.2) is 0 Å². The smallest absolute Gasteiger partial charge is 0.161 e. The highest BCUT2D eigenvalue weighted by atomic mass is 79.9. The zero-order valence-corrected chi connectivity index (χ0v) is 13.3. The molecule has 5 heteroatoms. The molecule has 0 heterocycles. The van der Waals surface area contributed by atoms with Crippen LogP contribution in [0.15, 0.2) is 16.6 Å². The van der Waals surface area contributed by atoms with E-state index in [1.807, 2.05) is 12.1 Å². The summed E-state index contributed by atoms with van der Waals surface area (Å²) in [6, 6.07) is 3.82. The standard InChI is InChI=1S/C14H22BrNO3/c1-4-5-11(17)9-16-8-10-6-13(18-2)14(19-3)7-12(10)15/h6-7,11,16-17H,4-5,8-9H2,1-3H3. The Morgan fingerprint density at radius 1 is 1.26 bits per heavy atom. The van der Waals surface area contributed by atoms with E-state index in [0.29, 0.717) is 24.6 Å². The Labute approximate surface area is 123 Å². The van der Waals surface area contributed by atoms with Gasteiger partial charge in [0, 0.05) is 17.6 Å². The third-order valence-electron chi connectivity index (χ3n) is 2.87. The van der Waals surface area contributed by atoms with Crippen LogP contribution in [0.3, 0.4) is 0 Å². The molecule has 4 nitrogen and oxygen atoms in total. The van der Waals surface area contributed by atoms with Crippen LogP contribution in [0.1, 0.15) is 25.3 Å². The van der Waals surface area contributed by atoms with Crippen molar-refractivity contribution >= 4 is 15.9 Å². The number of aliphatic hydroxyl groups is 1. The Morgan fingerprint density at radius 3 is 2.47 bits per heavy atom. The molecule has 1 aromatic rings. The van der Waals surface area contributed by atoms with E-state index >= 15 is 0 Å². The Morgan fingerprint density at radius 2 is 1.89 bits per heavy atom. The van der Waals surface area contributed by atoms with Crippen LogP contribution in [0.2, 0.25) is 0 Å². The van der Waals surface area contributed by atoms with E-state index in [1.165, 1.54) is 0 Å². The fourth-order valence-electron chi connectivity index (χ4n) is 1.84. The second-order valence-corrected chi connectivity index (χ2v) is 5.23. The molecule has 0 fully saturated rings. The SMILES string of the molecule is CCCC(O)CNCc1cc(OC)c(OC)cc1Br. The first-order valence-corrected chi connectivity index (χ1v) is 7.20. The molecule has 1 aromatic carbocycles. The number of methoxy groups -OCH3 is 2. The highest BCUT2D eigenvalue weighted by Crippen LogP contribution is 2.33. The summed E-state index contributed by atoms with van der Waals surface area (Å²) in [4.78, 5) is 0. The zero-order chi connectivity index (χ0) is 14.3. The summed E-state index contributed by atoms with van der Waals surface area (Å²) in [5.74, 6) is 1.40. The second kappa shape index (κ2) is 8.40. The van der Waals surface area contributed by atoms with Gasteiger partial charge in [0.1, 0.15) is 0 Å². The Balaban J connectivity index is 2.63. The first-order valence-electron chi connectivity index (χ1n) is 6.41. The maximum Gasteiger partial charge on any atom is 0.161 e. The van der Waals surface area contributed by atoms with E-state index in [4.69, 9.17) is 9.47 Å². The molecule has 0 amide bonds. The number of hydrogen-bond acceptors (Lipinski definition) is 4. The molecular weight excluding hydrogens is 310 g/mol. The third kappa shape index (κ3) is 5.01. The average Bonchev–Trinajstić information content (AvgIpc) is 2.40. The lowest BCUT2D eigenvalue weighted by Crippen LogP contribution is -2.26. The summed E-state index contributed by atoms with van der Waals surface area (Å²) in [6.45, 7) is 3.32. The largest absolute Gasteiger partial charge is 0.493 e. The second-order valence-electron chi connectivity index (χ2n) is 4.37. The van der Waals surface area contributed by atoms with Gasteiger partial charge in [-0.15, -0.1) is 0 Å². The monoisotopic (exact) mass is 331 g/mol. The van der Waals surface area contributed by atoms with Gasteiger partial charge in [0.25, 0.3) is 0 Å². The van der Waals surface area contributed by atoms with Crippen molar-refractivity contribution in [1.82, 2.24) is 5.32 Å². The summed E-state index contributed by atoms with van der Waals surface area (Å²) in [7, 11) is 3.23. The molecule has 19 heavy (non-hydrogen) atoms. The summed E-state index contributed by atoms with van der Waals surface area (Å²) in [5, 5.41) is 12.9. The number of ether oxygens (including phenoxy) is 2. The predicted octanol–water partition coefficient (Wildman–Crippen LogP) is 2.72. The molecule has 1 rings (SSSR count). The van der Waals surface area contributed by atoms with Crippen LogP contribution < -0.4 is 14.8 Å². The van der Waals surface area contributed by atoms with Crippen molar-refractivity contribution in [2.75, 3.05) is 20.8 Å². The van der Waals surface area contributed by atoms with Crippen LogP contribution in [-0.2, 0) is 6.54 Å². The molecule has 1 unspecified atom stereocenters. The predicted molar refractivity (Wildman–Crippen MR) is 79.9 cm³/mol. The maximum atomic E-state index is 9.66. The molecular formula is C14H22BrNO3. The number of rotatable bonds is 8. The topological polar surface area (TPSA) is 50.7 Å². The van der Waals surface area contributed by atoms with Gasteiger partial charge in [0.2, 0.25) is 0 Å². The van der Waals surface area contributed by atoms with Gasteiger partial charge >= 0.3 is 0 Å². The normalized spacial score (nSPS) is 12.3. The number of aliphatic hydroxyl groups excluding tert-OH is 1. The lowest BCUT2D eigenvalue weighted by atomic mass is 10.2. The van der Waals surface area contributed by atoms with E-state index in [2.05, 4.69) is 28.2 Å². The summed E-state index contributed by atoms with van der Waals surface area (Å²) >= 11 is 3.51. The van der Waals surface area contributed by atoms with Gasteiger partial charge in [-0.3, -0.25) is 0 Å². The van der Waals surface area contributed by atoms with Gasteiger partial charge < -0.3 is 19.9 Å². The first-order chi connectivity index (χ1) is 9.12. The summed E-state index contributed by atoms with van der Waals surface area (Å²) in [5.41, 5.74) is 1.07. The lowest BCUT2D eigenvalue weighted by molar-refractivity contribution is 0.160. The van der Waals surface area contributed by atoms with E-state index < -0.39 is 0 Å². The Kier molecular flexibility index (Phi) is 7.20. The quantitative estimate of drug-likeness (QED) is 0.769. The molecule has 0 aliphatic heterocycles. The highest BCUT2D eigenvalue weighted by molar-refractivity contribution is 9.10. The minimum atomic E-state index is -0.288. The molecule has 0 bridgehead atoms. The molecule has 0 aliphatic rings. The Hall–Kier alpha value is -0.780. The van der Waals surface area contributed by atoms with Crippen molar-refractivity contribution in [2.45, 2.75) is 32.4 Å². The molecule has 0 saturated carbocycles. The van der Waals surface area contributed by atoms with Crippen LogP contribution in [0, 0.1) is 0 Å². The number of nitrogens with one attached hydrogen (secondary N) is 1. The third-order valence-corrected chi connectivity index (χ3v) is 3.61. The molecule has 2 N–H and O–H groups in total. The van der Waals surface area contributed by atoms with Crippen molar-refractivity contribution in [2.24, 2.45) is 0 Å². The van der Waals surface area contributed by atoms with Gasteiger partial charge in [-0.1, -0.05) is 29.3 Å². The van der Waals surface area contributed by atoms with Crippen molar-refractivity contribution < 1.29 is 14.6 Å². The zero-order valence-electron chi connectivity index (χ0n) is 11.7. The van der Waals surface area contributed by atoms with Crippen LogP contribution in [0.4, 0.5) is 0 Å². The van der Waals surface area contributed by atoms with Crippen molar-refractivity contribution in [3.8, 4) is 11.5 Å². The molecule has 0 aliphatic carbocycles. The molecule has 0 aromatic heterocycles. The number of hydrogen-bond donors (Lipinski definition) is 2. The van der Waals surface area contributed by atoms with Crippen molar-refractivity contribution in [3.63, 3.8) is 0 Å². The minimum Gasteiger partial charge on any atom is -0.493 e. The highest BCUT2D eigenvalue weighted by Gasteiger charge is 2.10. The lowest BCUT2D eigenvalue weighted by Gasteiger charge is -2.14. The molecule has 0 saturated heterocycles. The fraction of sp³-hybridized carbons (Fsp3) is 0.571. The fourth-order valence-corrected chi connectivity index (χ4v) is 2.30. The molecule has 1 atom stereocenters. The van der Waals surface area contributed by atoms with E-state index in [9.17, 15) is 5.11 Å². The number of halogens is 1. The van der Waals surface area contributed by atoms with Crippen molar-refractivity contribution in [3.05, 3.63) is 22.2 Å². The van der Waals surface area contributed by atoms with Crippen LogP contribution in [-0.4, -0.2) is 32.0 Å². The van der Waals surface area contributed by atoms with E-state index in [1.54, 1.807) is 14.2 Å². The van der Waals surface area contributed by atoms with Crippen LogP contribution in [0.25, 0.3) is 0 Å². The average molecular weight is 332 g/mol. The minimum absolute atomic E-state index is 0.288. The van der Waals surface area contributed by atoms with Crippen molar-refractivity contribution in [1.29, 1.82) is 0 Å². The molecule has 108 valence electrons. The number of benzene rings is 1. The van der Waals surface area contributed by atoms with Gasteiger partial charge in [0.05, 0.1) is 20.3 Å². The van der Waals surface area contributed by atoms with Gasteiger partial charge in [0.15, 0.2) is 11.5 Å².